The Morgan fingerprint density at radius 1 is 0.955 bits per heavy atom. The maximum Gasteiger partial charge on any atom is 0.430 e. The largest absolute Gasteiger partial charge is 0.481 e. The molecule has 0 aliphatic carbocycles. The number of halogens is 6. The predicted octanol–water partition coefficient (Wildman–Crippen LogP) is 6.16. The molecule has 1 atom stereocenters. The summed E-state index contributed by atoms with van der Waals surface area (Å²) in [5.74, 6) is 0.174. The number of hydrogen-bond acceptors (Lipinski definition) is 6. The molecule has 0 spiro atoms. The number of aliphatic hydroxyl groups is 1. The van der Waals surface area contributed by atoms with Crippen molar-refractivity contribution in [3.63, 3.8) is 0 Å². The van der Waals surface area contributed by atoms with Crippen molar-refractivity contribution >= 4 is 11.9 Å². The molecule has 1 aromatic heterocycles. The third kappa shape index (κ3) is 6.03. The first kappa shape index (κ1) is 32.6. The monoisotopic (exact) mass is 625 g/mol. The summed E-state index contributed by atoms with van der Waals surface area (Å²) in [7, 11) is 1.46. The maximum absolute atomic E-state index is 13.4. The minimum atomic E-state index is -6.00. The highest BCUT2D eigenvalue weighted by Crippen LogP contribution is 2.50. The lowest BCUT2D eigenvalue weighted by atomic mass is 9.90. The Bertz CT molecular complexity index is 1500. The van der Waals surface area contributed by atoms with Gasteiger partial charge in [0.15, 0.2) is 0 Å². The van der Waals surface area contributed by atoms with E-state index in [1.165, 1.54) is 13.3 Å². The van der Waals surface area contributed by atoms with Crippen LogP contribution in [0, 0.1) is 0 Å². The van der Waals surface area contributed by atoms with Crippen LogP contribution >= 0.6 is 0 Å². The number of methoxy groups -OCH3 is 1. The summed E-state index contributed by atoms with van der Waals surface area (Å²) >= 11 is 0. The molecule has 44 heavy (non-hydrogen) atoms. The zero-order valence-corrected chi connectivity index (χ0v) is 23.8. The molecule has 2 heterocycles. The number of nitrogens with zero attached hydrogens (tertiary/aromatic N) is 2. The number of hydrogen-bond donors (Lipinski definition) is 2. The van der Waals surface area contributed by atoms with Crippen LogP contribution in [0.25, 0.3) is 0 Å². The molecular weight excluding hydrogens is 596 g/mol. The van der Waals surface area contributed by atoms with Crippen LogP contribution in [0.1, 0.15) is 42.5 Å². The maximum atomic E-state index is 13.4. The first-order valence-corrected chi connectivity index (χ1v) is 13.5. The minimum absolute atomic E-state index is 0.0293. The third-order valence-electron chi connectivity index (χ3n) is 7.39. The molecular formula is C30H29F6N3O5. The number of ether oxygens (including phenoxy) is 2. The highest BCUT2D eigenvalue weighted by Gasteiger charge is 2.71. The van der Waals surface area contributed by atoms with Gasteiger partial charge in [0.25, 0.3) is 11.5 Å². The van der Waals surface area contributed by atoms with E-state index in [2.05, 4.69) is 10.3 Å². The molecule has 1 saturated heterocycles. The van der Waals surface area contributed by atoms with Gasteiger partial charge in [0.1, 0.15) is 17.0 Å². The summed E-state index contributed by atoms with van der Waals surface area (Å²) < 4.78 is 91.1. The molecule has 1 unspecified atom stereocenters. The molecule has 1 aliphatic heterocycles. The lowest BCUT2D eigenvalue weighted by molar-refractivity contribution is -0.376. The predicted molar refractivity (Wildman–Crippen MR) is 145 cm³/mol. The standard InChI is InChI=1S/C30H29F6N3O5/c1-4-5-19-16-20(28(42,29(31,32)33)30(34,35)36)8-12-23(19)44-22-10-6-18(7-11-22)14-15-39-25(40)27(2,38-26(39)41)21-9-13-24(43-3)37-17-21/h6-13,16-17,42H,4-5,14-15H2,1-3H3,(H,38,41). The van der Waals surface area contributed by atoms with Crippen LogP contribution in [0.2, 0.25) is 0 Å². The second-order valence-electron chi connectivity index (χ2n) is 10.4. The van der Waals surface area contributed by atoms with Crippen molar-refractivity contribution in [2.24, 2.45) is 0 Å². The fourth-order valence-electron chi connectivity index (χ4n) is 4.84. The Kier molecular flexibility index (Phi) is 8.87. The van der Waals surface area contributed by atoms with Gasteiger partial charge >= 0.3 is 18.4 Å². The van der Waals surface area contributed by atoms with E-state index in [1.54, 1.807) is 50.2 Å². The number of nitrogens with one attached hydrogen (secondary N) is 1. The summed E-state index contributed by atoms with van der Waals surface area (Å²) in [6, 6.07) is 11.2. The summed E-state index contributed by atoms with van der Waals surface area (Å²) in [5.41, 5.74) is -6.45. The molecule has 14 heteroatoms. The van der Waals surface area contributed by atoms with Crippen molar-refractivity contribution in [2.45, 2.75) is 56.6 Å². The number of alkyl halides is 6. The van der Waals surface area contributed by atoms with Crippen LogP contribution in [-0.2, 0) is 28.8 Å². The fraction of sp³-hybridized carbons (Fsp3) is 0.367. The van der Waals surface area contributed by atoms with Gasteiger partial charge in [-0.15, -0.1) is 0 Å². The Hall–Kier alpha value is -4.33. The highest BCUT2D eigenvalue weighted by molar-refractivity contribution is 6.07. The highest BCUT2D eigenvalue weighted by atomic mass is 19.4. The summed E-state index contributed by atoms with van der Waals surface area (Å²) in [5, 5.41) is 12.5. The molecule has 236 valence electrons. The number of carbonyl (C=O) groups excluding carboxylic acids is 2. The van der Waals surface area contributed by atoms with Gasteiger partial charge in [0, 0.05) is 29.9 Å². The molecule has 1 aliphatic rings. The molecule has 0 radical (unpaired) electrons. The Labute approximate surface area is 248 Å². The Morgan fingerprint density at radius 2 is 1.61 bits per heavy atom. The van der Waals surface area contributed by atoms with Crippen LogP contribution in [0.5, 0.6) is 17.4 Å². The molecule has 8 nitrogen and oxygen atoms in total. The van der Waals surface area contributed by atoms with E-state index < -0.39 is 41.0 Å². The summed E-state index contributed by atoms with van der Waals surface area (Å²) in [6.07, 6.45) is -9.79. The number of aromatic nitrogens is 1. The first-order chi connectivity index (χ1) is 20.5. The molecule has 3 amide bonds. The topological polar surface area (TPSA) is 101 Å². The minimum Gasteiger partial charge on any atom is -0.481 e. The van der Waals surface area contributed by atoms with Crippen LogP contribution in [0.3, 0.4) is 0 Å². The van der Waals surface area contributed by atoms with E-state index in [9.17, 15) is 41.0 Å². The smallest absolute Gasteiger partial charge is 0.430 e. The fourth-order valence-corrected chi connectivity index (χ4v) is 4.84. The van der Waals surface area contributed by atoms with Gasteiger partial charge in [-0.05, 0) is 61.2 Å². The van der Waals surface area contributed by atoms with E-state index in [-0.39, 0.29) is 30.0 Å². The van der Waals surface area contributed by atoms with E-state index in [4.69, 9.17) is 9.47 Å². The van der Waals surface area contributed by atoms with Crippen molar-refractivity contribution < 1.29 is 50.5 Å². The van der Waals surface area contributed by atoms with Gasteiger partial charge in [0.2, 0.25) is 5.88 Å². The SMILES string of the molecule is CCCc1cc(C(O)(C(F)(F)F)C(F)(F)F)ccc1Oc1ccc(CCN2C(=O)NC(C)(c3ccc(OC)nc3)C2=O)cc1. The second kappa shape index (κ2) is 12.0. The molecule has 0 saturated carbocycles. The number of urea groups is 1. The molecule has 2 aromatic carbocycles. The lowest BCUT2D eigenvalue weighted by Gasteiger charge is -2.33. The number of benzene rings is 2. The normalized spacial score (nSPS) is 17.5. The Balaban J connectivity index is 1.46. The van der Waals surface area contributed by atoms with Crippen molar-refractivity contribution in [2.75, 3.05) is 13.7 Å². The van der Waals surface area contributed by atoms with E-state index in [0.29, 0.717) is 36.4 Å². The molecule has 3 aromatic rings. The zero-order chi connectivity index (χ0) is 32.5. The van der Waals surface area contributed by atoms with Crippen LogP contribution in [0.4, 0.5) is 31.1 Å². The van der Waals surface area contributed by atoms with Gasteiger partial charge in [-0.25, -0.2) is 9.78 Å². The third-order valence-corrected chi connectivity index (χ3v) is 7.39. The number of carbonyl (C=O) groups is 2. The Morgan fingerprint density at radius 3 is 2.16 bits per heavy atom. The number of aryl methyl sites for hydroxylation is 1. The van der Waals surface area contributed by atoms with Gasteiger partial charge < -0.3 is 19.9 Å². The summed E-state index contributed by atoms with van der Waals surface area (Å²) in [6.45, 7) is 3.33. The molecule has 0 bridgehead atoms. The van der Waals surface area contributed by atoms with Crippen molar-refractivity contribution in [3.8, 4) is 17.4 Å². The van der Waals surface area contributed by atoms with Crippen molar-refractivity contribution in [1.29, 1.82) is 0 Å². The average Bonchev–Trinajstić information content (AvgIpc) is 3.19. The molecule has 4 rings (SSSR count). The van der Waals surface area contributed by atoms with Crippen molar-refractivity contribution in [3.05, 3.63) is 83.0 Å². The van der Waals surface area contributed by atoms with E-state index in [1.807, 2.05) is 0 Å². The van der Waals surface area contributed by atoms with E-state index >= 15 is 0 Å². The van der Waals surface area contributed by atoms with Gasteiger partial charge in [-0.3, -0.25) is 9.69 Å². The first-order valence-electron chi connectivity index (χ1n) is 13.5. The van der Waals surface area contributed by atoms with Crippen LogP contribution < -0.4 is 14.8 Å². The number of rotatable bonds is 10. The van der Waals surface area contributed by atoms with Crippen molar-refractivity contribution in [1.82, 2.24) is 15.2 Å². The average molecular weight is 626 g/mol. The number of imide groups is 1. The van der Waals surface area contributed by atoms with Gasteiger partial charge in [-0.1, -0.05) is 31.5 Å². The lowest BCUT2D eigenvalue weighted by Crippen LogP contribution is -2.53. The van der Waals surface area contributed by atoms with Gasteiger partial charge in [-0.2, -0.15) is 26.3 Å². The number of pyridine rings is 1. The van der Waals surface area contributed by atoms with Crippen LogP contribution in [0.15, 0.2) is 60.8 Å². The number of amides is 3. The molecule has 2 N–H and O–H groups in total. The van der Waals surface area contributed by atoms with Gasteiger partial charge in [0.05, 0.1) is 7.11 Å². The zero-order valence-electron chi connectivity index (χ0n) is 23.8. The van der Waals surface area contributed by atoms with E-state index in [0.717, 1.165) is 16.5 Å². The molecule has 1 fully saturated rings. The van der Waals surface area contributed by atoms with Crippen LogP contribution in [-0.4, -0.2) is 52.9 Å². The summed E-state index contributed by atoms with van der Waals surface area (Å²) in [4.78, 5) is 31.0. The second-order valence-corrected chi connectivity index (χ2v) is 10.4. The quantitative estimate of drug-likeness (QED) is 0.207.